The first-order valence-corrected chi connectivity index (χ1v) is 5.08. The van der Waals surface area contributed by atoms with Gasteiger partial charge in [-0.1, -0.05) is 5.16 Å². The van der Waals surface area contributed by atoms with Gasteiger partial charge in [0.05, 0.1) is 12.2 Å². The number of halogens is 3. The van der Waals surface area contributed by atoms with Gasteiger partial charge in [-0.25, -0.2) is 4.98 Å². The van der Waals surface area contributed by atoms with Gasteiger partial charge in [-0.15, -0.1) is 0 Å². The number of amidine groups is 1. The molecule has 0 saturated heterocycles. The number of aromatic nitrogens is 1. The van der Waals surface area contributed by atoms with E-state index in [1.165, 1.54) is 7.11 Å². The van der Waals surface area contributed by atoms with E-state index in [0.717, 1.165) is 12.1 Å². The molecular formula is C10H12F3N3O3. The zero-order valence-electron chi connectivity index (χ0n) is 9.94. The van der Waals surface area contributed by atoms with E-state index in [2.05, 4.69) is 10.1 Å². The van der Waals surface area contributed by atoms with Crippen LogP contribution >= 0.6 is 0 Å². The predicted molar refractivity (Wildman–Crippen MR) is 59.1 cm³/mol. The molecule has 106 valence electrons. The van der Waals surface area contributed by atoms with Crippen molar-refractivity contribution in [3.8, 4) is 5.88 Å². The van der Waals surface area contributed by atoms with Crippen LogP contribution in [0.25, 0.3) is 0 Å². The van der Waals surface area contributed by atoms with Crippen LogP contribution < -0.4 is 10.5 Å². The number of alkyl halides is 3. The lowest BCUT2D eigenvalue weighted by Crippen LogP contribution is -2.19. The maximum absolute atomic E-state index is 12.5. The minimum absolute atomic E-state index is 0.0173. The molecule has 1 aromatic heterocycles. The number of oxime groups is 1. The summed E-state index contributed by atoms with van der Waals surface area (Å²) in [5.41, 5.74) is 4.16. The van der Waals surface area contributed by atoms with E-state index in [0.29, 0.717) is 0 Å². The monoisotopic (exact) mass is 279 g/mol. The molecule has 0 aromatic carbocycles. The van der Waals surface area contributed by atoms with Gasteiger partial charge in [-0.2, -0.15) is 13.2 Å². The largest absolute Gasteiger partial charge is 0.475 e. The van der Waals surface area contributed by atoms with Crippen LogP contribution in [0.2, 0.25) is 0 Å². The first kappa shape index (κ1) is 15.0. The molecule has 0 radical (unpaired) electrons. The average Bonchev–Trinajstić information content (AvgIpc) is 2.37. The second kappa shape index (κ2) is 6.23. The quantitative estimate of drug-likeness (QED) is 0.278. The summed E-state index contributed by atoms with van der Waals surface area (Å²) >= 11 is 0. The van der Waals surface area contributed by atoms with Crippen LogP contribution in [-0.4, -0.2) is 36.4 Å². The summed E-state index contributed by atoms with van der Waals surface area (Å²) in [5, 5.41) is 11.2. The summed E-state index contributed by atoms with van der Waals surface area (Å²) in [5.74, 6) is -0.768. The SMILES string of the molecule is COCCOc1nc(C(F)(F)F)ccc1C(N)=NO. The molecule has 0 fully saturated rings. The molecule has 1 aromatic rings. The molecule has 0 aliphatic heterocycles. The van der Waals surface area contributed by atoms with E-state index >= 15 is 0 Å². The van der Waals surface area contributed by atoms with Gasteiger partial charge in [0.2, 0.25) is 5.88 Å². The van der Waals surface area contributed by atoms with Crippen molar-refractivity contribution < 1.29 is 27.9 Å². The second-order valence-electron chi connectivity index (χ2n) is 3.37. The fraction of sp³-hybridized carbons (Fsp3) is 0.400. The van der Waals surface area contributed by atoms with Crippen molar-refractivity contribution >= 4 is 5.84 Å². The number of methoxy groups -OCH3 is 1. The van der Waals surface area contributed by atoms with Crippen LogP contribution in [0, 0.1) is 0 Å². The summed E-state index contributed by atoms with van der Waals surface area (Å²) < 4.78 is 47.3. The molecule has 6 nitrogen and oxygen atoms in total. The number of ether oxygens (including phenoxy) is 2. The first-order valence-electron chi connectivity index (χ1n) is 5.08. The Hall–Kier alpha value is -2.03. The highest BCUT2D eigenvalue weighted by atomic mass is 19.4. The Bertz CT molecular complexity index is 463. The van der Waals surface area contributed by atoms with Crippen molar-refractivity contribution in [3.05, 3.63) is 23.4 Å². The lowest BCUT2D eigenvalue weighted by atomic mass is 10.2. The van der Waals surface area contributed by atoms with Crippen molar-refractivity contribution in [2.45, 2.75) is 6.18 Å². The van der Waals surface area contributed by atoms with Crippen LogP contribution in [0.4, 0.5) is 13.2 Å². The average molecular weight is 279 g/mol. The molecule has 19 heavy (non-hydrogen) atoms. The highest BCUT2D eigenvalue weighted by Gasteiger charge is 2.33. The van der Waals surface area contributed by atoms with Crippen molar-refractivity contribution in [1.29, 1.82) is 0 Å². The summed E-state index contributed by atoms with van der Waals surface area (Å²) in [6.07, 6.45) is -4.61. The molecule has 3 N–H and O–H groups in total. The molecule has 0 unspecified atom stereocenters. The van der Waals surface area contributed by atoms with Gasteiger partial charge in [0.1, 0.15) is 12.3 Å². The van der Waals surface area contributed by atoms with Gasteiger partial charge in [0, 0.05) is 7.11 Å². The number of hydrogen-bond acceptors (Lipinski definition) is 5. The molecule has 1 heterocycles. The Morgan fingerprint density at radius 2 is 2.11 bits per heavy atom. The van der Waals surface area contributed by atoms with Gasteiger partial charge in [0.15, 0.2) is 5.84 Å². The summed E-state index contributed by atoms with van der Waals surface area (Å²) in [6, 6.07) is 1.74. The maximum Gasteiger partial charge on any atom is 0.433 e. The van der Waals surface area contributed by atoms with Gasteiger partial charge in [0.25, 0.3) is 0 Å². The lowest BCUT2D eigenvalue weighted by Gasteiger charge is -2.12. The summed E-state index contributed by atoms with van der Waals surface area (Å²) in [6.45, 7) is 0.143. The number of rotatable bonds is 5. The van der Waals surface area contributed by atoms with E-state index in [-0.39, 0.29) is 24.7 Å². The van der Waals surface area contributed by atoms with Crippen LogP contribution in [0.5, 0.6) is 5.88 Å². The van der Waals surface area contributed by atoms with Crippen LogP contribution in [-0.2, 0) is 10.9 Å². The summed E-state index contributed by atoms with van der Waals surface area (Å²) in [4.78, 5) is 3.31. The van der Waals surface area contributed by atoms with Gasteiger partial charge in [-0.3, -0.25) is 0 Å². The molecule has 1 rings (SSSR count). The predicted octanol–water partition coefficient (Wildman–Crippen LogP) is 1.22. The topological polar surface area (TPSA) is 90.0 Å². The Kier molecular flexibility index (Phi) is 4.93. The third-order valence-electron chi connectivity index (χ3n) is 2.06. The number of nitrogens with zero attached hydrogens (tertiary/aromatic N) is 2. The zero-order valence-corrected chi connectivity index (χ0v) is 9.94. The maximum atomic E-state index is 12.5. The molecule has 0 aliphatic carbocycles. The van der Waals surface area contributed by atoms with E-state index in [4.69, 9.17) is 20.4 Å². The van der Waals surface area contributed by atoms with Crippen LogP contribution in [0.1, 0.15) is 11.3 Å². The minimum atomic E-state index is -4.61. The van der Waals surface area contributed by atoms with Gasteiger partial charge < -0.3 is 20.4 Å². The number of hydrogen-bond donors (Lipinski definition) is 2. The standard InChI is InChI=1S/C10H12F3N3O3/c1-18-4-5-19-9-6(8(14)16-17)2-3-7(15-9)10(11,12)13/h2-3,17H,4-5H2,1H3,(H2,14,16). The van der Waals surface area contributed by atoms with Crippen LogP contribution in [0.3, 0.4) is 0 Å². The molecular weight excluding hydrogens is 267 g/mol. The molecule has 0 spiro atoms. The van der Waals surface area contributed by atoms with Crippen molar-refractivity contribution in [2.75, 3.05) is 20.3 Å². The molecule has 0 saturated carbocycles. The van der Waals surface area contributed by atoms with Gasteiger partial charge >= 0.3 is 6.18 Å². The normalized spacial score (nSPS) is 12.5. The third-order valence-corrected chi connectivity index (χ3v) is 2.06. The highest BCUT2D eigenvalue weighted by molar-refractivity contribution is 5.99. The number of pyridine rings is 1. The molecule has 0 amide bonds. The fourth-order valence-electron chi connectivity index (χ4n) is 1.18. The lowest BCUT2D eigenvalue weighted by molar-refractivity contribution is -0.141. The second-order valence-corrected chi connectivity index (χ2v) is 3.37. The number of nitrogens with two attached hydrogens (primary N) is 1. The van der Waals surface area contributed by atoms with Crippen LogP contribution in [0.15, 0.2) is 17.3 Å². The molecule has 0 atom stereocenters. The Balaban J connectivity index is 3.11. The molecule has 9 heteroatoms. The zero-order chi connectivity index (χ0) is 14.5. The third kappa shape index (κ3) is 3.98. The summed E-state index contributed by atoms with van der Waals surface area (Å²) in [7, 11) is 1.41. The Morgan fingerprint density at radius 3 is 2.63 bits per heavy atom. The fourth-order valence-corrected chi connectivity index (χ4v) is 1.18. The first-order chi connectivity index (χ1) is 8.90. The Labute approximate surface area is 106 Å². The smallest absolute Gasteiger partial charge is 0.433 e. The van der Waals surface area contributed by atoms with Gasteiger partial charge in [-0.05, 0) is 12.1 Å². The minimum Gasteiger partial charge on any atom is -0.475 e. The molecule has 0 bridgehead atoms. The van der Waals surface area contributed by atoms with E-state index in [1.54, 1.807) is 0 Å². The van der Waals surface area contributed by atoms with Crippen molar-refractivity contribution in [3.63, 3.8) is 0 Å². The van der Waals surface area contributed by atoms with E-state index < -0.39 is 17.7 Å². The van der Waals surface area contributed by atoms with Crippen molar-refractivity contribution in [2.24, 2.45) is 10.9 Å². The highest BCUT2D eigenvalue weighted by Crippen LogP contribution is 2.30. The Morgan fingerprint density at radius 1 is 1.42 bits per heavy atom. The van der Waals surface area contributed by atoms with E-state index in [9.17, 15) is 13.2 Å². The molecule has 0 aliphatic rings. The van der Waals surface area contributed by atoms with E-state index in [1.807, 2.05) is 0 Å². The van der Waals surface area contributed by atoms with Crippen molar-refractivity contribution in [1.82, 2.24) is 4.98 Å².